The zero-order chi connectivity index (χ0) is 17.9. The second-order valence-electron chi connectivity index (χ2n) is 5.20. The highest BCUT2D eigenvalue weighted by Gasteiger charge is 2.24. The minimum absolute atomic E-state index is 0.00124. The molecule has 0 spiro atoms. The van der Waals surface area contributed by atoms with Crippen LogP contribution in [-0.2, 0) is 14.8 Å². The molecule has 2 aromatic rings. The normalized spacial score (nSPS) is 11.5. The first-order valence-corrected chi connectivity index (χ1v) is 8.67. The number of nitrogens with one attached hydrogen (secondary N) is 1. The van der Waals surface area contributed by atoms with E-state index < -0.39 is 15.8 Å². The summed E-state index contributed by atoms with van der Waals surface area (Å²) in [5, 5.41) is 3.62. The number of hydrogen-bond donors (Lipinski definition) is 1. The van der Waals surface area contributed by atoms with Crippen LogP contribution in [0.25, 0.3) is 0 Å². The molecular formula is C15H18FN3O4S. The fourth-order valence-corrected chi connectivity index (χ4v) is 3.66. The van der Waals surface area contributed by atoms with Crippen molar-refractivity contribution in [2.75, 3.05) is 18.0 Å². The van der Waals surface area contributed by atoms with Crippen LogP contribution in [0, 0.1) is 19.7 Å². The van der Waals surface area contributed by atoms with Crippen LogP contribution < -0.4 is 9.62 Å². The maximum Gasteiger partial charge on any atom is 0.246 e. The smallest absolute Gasteiger partial charge is 0.246 e. The molecule has 130 valence electrons. The number of halogens is 1. The van der Waals surface area contributed by atoms with E-state index in [0.29, 0.717) is 5.69 Å². The lowest BCUT2D eigenvalue weighted by Gasteiger charge is -2.21. The number of amides is 1. The third-order valence-electron chi connectivity index (χ3n) is 3.38. The van der Waals surface area contributed by atoms with Gasteiger partial charge in [0.25, 0.3) is 0 Å². The van der Waals surface area contributed by atoms with Gasteiger partial charge in [0.2, 0.25) is 15.9 Å². The summed E-state index contributed by atoms with van der Waals surface area (Å²) in [6.07, 6.45) is 0. The van der Waals surface area contributed by atoms with Crippen LogP contribution in [-0.4, -0.2) is 32.6 Å². The number of aromatic nitrogens is 1. The Morgan fingerprint density at radius 1 is 1.29 bits per heavy atom. The van der Waals surface area contributed by atoms with Crippen molar-refractivity contribution in [3.63, 3.8) is 0 Å². The first-order chi connectivity index (χ1) is 11.2. The van der Waals surface area contributed by atoms with Crippen molar-refractivity contribution in [1.29, 1.82) is 0 Å². The summed E-state index contributed by atoms with van der Waals surface area (Å²) in [5.41, 5.74) is 0.752. The van der Waals surface area contributed by atoms with Crippen LogP contribution in [0.5, 0.6) is 0 Å². The molecule has 0 radical (unpaired) electrons. The molecule has 0 aliphatic heterocycles. The summed E-state index contributed by atoms with van der Waals surface area (Å²) in [7, 11) is -3.79. The standard InChI is InChI=1S/C15H18FN3O4S/c1-10-15(11(2)23-18-10)24(21,22)17-8-9-19(12(3)20)14-6-4-13(16)5-7-14/h4-7,17H,8-9H2,1-3H3. The number of carbonyl (C=O) groups excluding carboxylic acids is 1. The summed E-state index contributed by atoms with van der Waals surface area (Å²) < 4.78 is 44.9. The lowest BCUT2D eigenvalue weighted by molar-refractivity contribution is -0.116. The molecule has 1 aromatic carbocycles. The zero-order valence-corrected chi connectivity index (χ0v) is 14.4. The Hall–Kier alpha value is -2.26. The lowest BCUT2D eigenvalue weighted by Crippen LogP contribution is -2.37. The average molecular weight is 355 g/mol. The fourth-order valence-electron chi connectivity index (χ4n) is 2.31. The van der Waals surface area contributed by atoms with E-state index >= 15 is 0 Å². The number of aryl methyl sites for hydroxylation is 2. The van der Waals surface area contributed by atoms with Crippen molar-refractivity contribution in [2.24, 2.45) is 0 Å². The van der Waals surface area contributed by atoms with Crippen LogP contribution in [0.2, 0.25) is 0 Å². The van der Waals surface area contributed by atoms with Gasteiger partial charge in [-0.05, 0) is 38.1 Å². The highest BCUT2D eigenvalue weighted by atomic mass is 32.2. The molecule has 2 rings (SSSR count). The van der Waals surface area contributed by atoms with Crippen molar-refractivity contribution in [1.82, 2.24) is 9.88 Å². The van der Waals surface area contributed by atoms with Gasteiger partial charge < -0.3 is 9.42 Å². The molecule has 7 nitrogen and oxygen atoms in total. The van der Waals surface area contributed by atoms with Crippen LogP contribution in [0.4, 0.5) is 10.1 Å². The molecule has 0 aliphatic carbocycles. The highest BCUT2D eigenvalue weighted by molar-refractivity contribution is 7.89. The molecule has 1 amide bonds. The van der Waals surface area contributed by atoms with Gasteiger partial charge in [0, 0.05) is 25.7 Å². The van der Waals surface area contributed by atoms with Crippen LogP contribution in [0.3, 0.4) is 0 Å². The average Bonchev–Trinajstić information content (AvgIpc) is 2.84. The van der Waals surface area contributed by atoms with E-state index in [1.807, 2.05) is 0 Å². The predicted octanol–water partition coefficient (Wildman–Crippen LogP) is 1.76. The molecule has 0 aliphatic rings. The lowest BCUT2D eigenvalue weighted by atomic mass is 10.2. The molecule has 0 atom stereocenters. The molecule has 24 heavy (non-hydrogen) atoms. The summed E-state index contributed by atoms with van der Waals surface area (Å²) >= 11 is 0. The van der Waals surface area contributed by atoms with Gasteiger partial charge >= 0.3 is 0 Å². The maximum absolute atomic E-state index is 13.0. The Labute approximate surface area is 139 Å². The Balaban J connectivity index is 2.08. The van der Waals surface area contributed by atoms with Gasteiger partial charge in [0.1, 0.15) is 16.4 Å². The quantitative estimate of drug-likeness (QED) is 0.852. The van der Waals surface area contributed by atoms with Crippen LogP contribution in [0.1, 0.15) is 18.4 Å². The highest BCUT2D eigenvalue weighted by Crippen LogP contribution is 2.19. The van der Waals surface area contributed by atoms with Gasteiger partial charge in [-0.15, -0.1) is 0 Å². The SMILES string of the molecule is CC(=O)N(CCNS(=O)(=O)c1c(C)noc1C)c1ccc(F)cc1. The van der Waals surface area contributed by atoms with Gasteiger partial charge in [0.15, 0.2) is 5.76 Å². The Bertz CT molecular complexity index is 811. The zero-order valence-electron chi connectivity index (χ0n) is 13.5. The van der Waals surface area contributed by atoms with Gasteiger partial charge in [-0.1, -0.05) is 5.16 Å². The molecule has 9 heteroatoms. The fraction of sp³-hybridized carbons (Fsp3) is 0.333. The number of benzene rings is 1. The Kier molecular flexibility index (Phi) is 5.35. The van der Waals surface area contributed by atoms with Crippen molar-refractivity contribution in [3.8, 4) is 0 Å². The summed E-state index contributed by atoms with van der Waals surface area (Å²) in [4.78, 5) is 13.1. The molecule has 0 unspecified atom stereocenters. The molecule has 1 heterocycles. The molecular weight excluding hydrogens is 337 g/mol. The third kappa shape index (κ3) is 3.98. The van der Waals surface area contributed by atoms with E-state index in [-0.39, 0.29) is 35.3 Å². The molecule has 1 N–H and O–H groups in total. The maximum atomic E-state index is 13.0. The first kappa shape index (κ1) is 18.1. The Morgan fingerprint density at radius 3 is 2.42 bits per heavy atom. The van der Waals surface area contributed by atoms with Crippen molar-refractivity contribution in [3.05, 3.63) is 41.5 Å². The van der Waals surface area contributed by atoms with E-state index in [4.69, 9.17) is 4.52 Å². The van der Waals surface area contributed by atoms with E-state index in [0.717, 1.165) is 0 Å². The predicted molar refractivity (Wildman–Crippen MR) is 85.6 cm³/mol. The number of carbonyl (C=O) groups is 1. The minimum Gasteiger partial charge on any atom is -0.360 e. The van der Waals surface area contributed by atoms with E-state index in [2.05, 4.69) is 9.88 Å². The largest absolute Gasteiger partial charge is 0.360 e. The van der Waals surface area contributed by atoms with Crippen LogP contribution >= 0.6 is 0 Å². The van der Waals surface area contributed by atoms with Gasteiger partial charge in [-0.25, -0.2) is 17.5 Å². The monoisotopic (exact) mass is 355 g/mol. The molecule has 0 fully saturated rings. The molecule has 1 aromatic heterocycles. The number of nitrogens with zero attached hydrogens (tertiary/aromatic N) is 2. The van der Waals surface area contributed by atoms with Gasteiger partial charge in [-0.2, -0.15) is 0 Å². The van der Waals surface area contributed by atoms with Gasteiger partial charge in [-0.3, -0.25) is 4.79 Å². The second kappa shape index (κ2) is 7.10. The van der Waals surface area contributed by atoms with Gasteiger partial charge in [0.05, 0.1) is 0 Å². The van der Waals surface area contributed by atoms with Crippen molar-refractivity contribution < 1.29 is 22.1 Å². The molecule has 0 saturated heterocycles. The Morgan fingerprint density at radius 2 is 1.92 bits per heavy atom. The van der Waals surface area contributed by atoms with Crippen molar-refractivity contribution in [2.45, 2.75) is 25.7 Å². The topological polar surface area (TPSA) is 92.5 Å². The van der Waals surface area contributed by atoms with E-state index in [1.54, 1.807) is 0 Å². The summed E-state index contributed by atoms with van der Waals surface area (Å²) in [6.45, 7) is 4.49. The number of rotatable bonds is 6. The minimum atomic E-state index is -3.79. The summed E-state index contributed by atoms with van der Waals surface area (Å²) in [5.74, 6) is -0.499. The third-order valence-corrected chi connectivity index (χ3v) is 5.09. The van der Waals surface area contributed by atoms with Crippen molar-refractivity contribution >= 4 is 21.6 Å². The number of anilines is 1. The van der Waals surface area contributed by atoms with E-state index in [1.165, 1.54) is 49.9 Å². The number of sulfonamides is 1. The number of hydrogen-bond acceptors (Lipinski definition) is 5. The van der Waals surface area contributed by atoms with E-state index in [9.17, 15) is 17.6 Å². The molecule has 0 saturated carbocycles. The second-order valence-corrected chi connectivity index (χ2v) is 6.90. The summed E-state index contributed by atoms with van der Waals surface area (Å²) in [6, 6.07) is 5.39. The first-order valence-electron chi connectivity index (χ1n) is 7.18. The van der Waals surface area contributed by atoms with Crippen LogP contribution in [0.15, 0.2) is 33.7 Å². The molecule has 0 bridgehead atoms.